The first-order valence-corrected chi connectivity index (χ1v) is 3.16. The summed E-state index contributed by atoms with van der Waals surface area (Å²) in [5.74, 6) is 0. The Balaban J connectivity index is 3.70. The van der Waals surface area contributed by atoms with E-state index in [2.05, 4.69) is 27.8 Å². The molecule has 0 atom stereocenters. The van der Waals surface area contributed by atoms with E-state index in [-0.39, 0.29) is 0 Å². The molecule has 0 saturated heterocycles. The fraction of sp³-hybridized carbons (Fsp3) is 0.333. The van der Waals surface area contributed by atoms with Crippen LogP contribution < -0.4 is 5.32 Å². The Morgan fingerprint density at radius 1 is 1.75 bits per heavy atom. The van der Waals surface area contributed by atoms with E-state index in [9.17, 15) is 0 Å². The SMILES string of the molecule is C=C(/C=C(\C)Br)NC. The minimum absolute atomic E-state index is 0.916. The van der Waals surface area contributed by atoms with Crippen LogP contribution in [-0.2, 0) is 0 Å². The van der Waals surface area contributed by atoms with Crippen LogP contribution in [0, 0.1) is 0 Å². The summed E-state index contributed by atoms with van der Waals surface area (Å²) >= 11 is 3.28. The highest BCUT2D eigenvalue weighted by Crippen LogP contribution is 2.03. The second kappa shape index (κ2) is 3.72. The Morgan fingerprint density at radius 2 is 2.25 bits per heavy atom. The van der Waals surface area contributed by atoms with E-state index in [0.717, 1.165) is 10.2 Å². The molecule has 2 heteroatoms. The lowest BCUT2D eigenvalue weighted by molar-refractivity contribution is 1.04. The third-order valence-electron chi connectivity index (χ3n) is 0.694. The lowest BCUT2D eigenvalue weighted by Crippen LogP contribution is -2.00. The molecule has 0 rings (SSSR count). The van der Waals surface area contributed by atoms with Crippen LogP contribution in [0.4, 0.5) is 0 Å². The van der Waals surface area contributed by atoms with E-state index >= 15 is 0 Å². The zero-order valence-corrected chi connectivity index (χ0v) is 6.75. The first-order valence-electron chi connectivity index (χ1n) is 2.37. The van der Waals surface area contributed by atoms with Gasteiger partial charge in [0.05, 0.1) is 0 Å². The maximum atomic E-state index is 3.70. The number of hydrogen-bond donors (Lipinski definition) is 1. The summed E-state index contributed by atoms with van der Waals surface area (Å²) in [7, 11) is 1.84. The van der Waals surface area contributed by atoms with Crippen LogP contribution in [0.15, 0.2) is 22.8 Å². The molecule has 0 aliphatic rings. The maximum Gasteiger partial charge on any atom is 0.0272 e. The van der Waals surface area contributed by atoms with Crippen molar-refractivity contribution in [1.29, 1.82) is 0 Å². The normalized spacial score (nSPS) is 11.1. The molecule has 0 bridgehead atoms. The summed E-state index contributed by atoms with van der Waals surface area (Å²) in [5, 5.41) is 2.90. The Morgan fingerprint density at radius 3 is 2.38 bits per heavy atom. The van der Waals surface area contributed by atoms with Crippen molar-refractivity contribution in [1.82, 2.24) is 5.32 Å². The quantitative estimate of drug-likeness (QED) is 0.634. The zero-order chi connectivity index (χ0) is 6.57. The predicted molar refractivity (Wildman–Crippen MR) is 40.9 cm³/mol. The first-order chi connectivity index (χ1) is 3.66. The third-order valence-corrected chi connectivity index (χ3v) is 0.923. The van der Waals surface area contributed by atoms with E-state index in [1.165, 1.54) is 0 Å². The molecule has 0 spiro atoms. The van der Waals surface area contributed by atoms with Crippen molar-refractivity contribution in [3.63, 3.8) is 0 Å². The molecule has 0 fully saturated rings. The maximum absolute atomic E-state index is 3.70. The molecule has 8 heavy (non-hydrogen) atoms. The van der Waals surface area contributed by atoms with Crippen LogP contribution in [0.25, 0.3) is 0 Å². The highest BCUT2D eigenvalue weighted by Gasteiger charge is 1.80. The number of nitrogens with one attached hydrogen (secondary N) is 1. The average molecular weight is 176 g/mol. The van der Waals surface area contributed by atoms with Crippen molar-refractivity contribution in [2.75, 3.05) is 7.05 Å². The topological polar surface area (TPSA) is 12.0 Å². The van der Waals surface area contributed by atoms with E-state index in [1.54, 1.807) is 0 Å². The van der Waals surface area contributed by atoms with Crippen LogP contribution in [0.5, 0.6) is 0 Å². The van der Waals surface area contributed by atoms with Crippen LogP contribution in [0.1, 0.15) is 6.92 Å². The largest absolute Gasteiger partial charge is 0.389 e. The molecule has 0 aromatic carbocycles. The fourth-order valence-electron chi connectivity index (χ4n) is 0.312. The van der Waals surface area contributed by atoms with Gasteiger partial charge in [0.2, 0.25) is 0 Å². The highest BCUT2D eigenvalue weighted by molar-refractivity contribution is 9.11. The Hall–Kier alpha value is -0.240. The molecule has 0 saturated carbocycles. The van der Waals surface area contributed by atoms with Gasteiger partial charge in [0.1, 0.15) is 0 Å². The van der Waals surface area contributed by atoms with Crippen molar-refractivity contribution < 1.29 is 0 Å². The summed E-state index contributed by atoms with van der Waals surface area (Å²) in [6.07, 6.45) is 1.92. The lowest BCUT2D eigenvalue weighted by Gasteiger charge is -1.94. The number of hydrogen-bond acceptors (Lipinski definition) is 1. The number of halogens is 1. The average Bonchev–Trinajstić information content (AvgIpc) is 1.65. The first kappa shape index (κ1) is 7.76. The van der Waals surface area contributed by atoms with Gasteiger partial charge >= 0.3 is 0 Å². The van der Waals surface area contributed by atoms with Crippen LogP contribution >= 0.6 is 15.9 Å². The summed E-state index contributed by atoms with van der Waals surface area (Å²) in [5.41, 5.74) is 0.916. The molecule has 0 unspecified atom stereocenters. The monoisotopic (exact) mass is 175 g/mol. The van der Waals surface area contributed by atoms with E-state index in [1.807, 2.05) is 20.0 Å². The van der Waals surface area contributed by atoms with Crippen molar-refractivity contribution in [2.45, 2.75) is 6.92 Å². The van der Waals surface area contributed by atoms with Gasteiger partial charge in [-0.2, -0.15) is 0 Å². The van der Waals surface area contributed by atoms with E-state index in [0.29, 0.717) is 0 Å². The third kappa shape index (κ3) is 3.93. The number of allylic oxidation sites excluding steroid dienone is 2. The van der Waals surface area contributed by atoms with E-state index < -0.39 is 0 Å². The zero-order valence-electron chi connectivity index (χ0n) is 5.16. The van der Waals surface area contributed by atoms with Gasteiger partial charge < -0.3 is 5.32 Å². The molecular formula is C6H10BrN. The molecular weight excluding hydrogens is 166 g/mol. The second-order valence-corrected chi connectivity index (χ2v) is 2.76. The minimum atomic E-state index is 0.916. The van der Waals surface area contributed by atoms with Gasteiger partial charge in [-0.25, -0.2) is 0 Å². The van der Waals surface area contributed by atoms with E-state index in [4.69, 9.17) is 0 Å². The Bertz CT molecular complexity index is 112. The van der Waals surface area contributed by atoms with Gasteiger partial charge in [-0.05, 0) is 17.5 Å². The van der Waals surface area contributed by atoms with Gasteiger partial charge in [0.25, 0.3) is 0 Å². The highest BCUT2D eigenvalue weighted by atomic mass is 79.9. The van der Waals surface area contributed by atoms with Crippen molar-refractivity contribution in [2.24, 2.45) is 0 Å². The molecule has 0 aromatic rings. The van der Waals surface area contributed by atoms with Crippen molar-refractivity contribution in [3.05, 3.63) is 22.8 Å². The van der Waals surface area contributed by atoms with Gasteiger partial charge in [0.15, 0.2) is 0 Å². The molecule has 1 nitrogen and oxygen atoms in total. The lowest BCUT2D eigenvalue weighted by atomic mass is 10.4. The van der Waals surface area contributed by atoms with Crippen LogP contribution in [-0.4, -0.2) is 7.05 Å². The molecule has 0 aliphatic carbocycles. The van der Waals surface area contributed by atoms with Gasteiger partial charge in [-0.3, -0.25) is 0 Å². The van der Waals surface area contributed by atoms with Crippen LogP contribution in [0.3, 0.4) is 0 Å². The molecule has 0 aliphatic heterocycles. The number of likely N-dealkylation sites (N-methyl/N-ethyl adjacent to an activating group) is 1. The minimum Gasteiger partial charge on any atom is -0.389 e. The molecule has 46 valence electrons. The van der Waals surface area contributed by atoms with Crippen molar-refractivity contribution >= 4 is 15.9 Å². The fourth-order valence-corrected chi connectivity index (χ4v) is 0.589. The summed E-state index contributed by atoms with van der Waals surface area (Å²) in [6, 6.07) is 0. The van der Waals surface area contributed by atoms with Gasteiger partial charge in [-0.15, -0.1) is 0 Å². The standard InChI is InChI=1S/C6H10BrN/c1-5(7)4-6(2)8-3/h4,8H,2H2,1,3H3/b5-4+. The number of rotatable bonds is 2. The molecule has 0 amide bonds. The molecule has 0 radical (unpaired) electrons. The van der Waals surface area contributed by atoms with Gasteiger partial charge in [0, 0.05) is 12.7 Å². The second-order valence-electron chi connectivity index (χ2n) is 1.51. The van der Waals surface area contributed by atoms with Crippen molar-refractivity contribution in [3.8, 4) is 0 Å². The summed E-state index contributed by atoms with van der Waals surface area (Å²) in [6.45, 7) is 5.66. The Kier molecular flexibility index (Phi) is 3.61. The molecule has 0 heterocycles. The molecule has 1 N–H and O–H groups in total. The molecule has 0 aromatic heterocycles. The smallest absolute Gasteiger partial charge is 0.0272 e. The summed E-state index contributed by atoms with van der Waals surface area (Å²) < 4.78 is 1.08. The Labute approximate surface area is 58.6 Å². The predicted octanol–water partition coefficient (Wildman–Crippen LogP) is 2.02. The van der Waals surface area contributed by atoms with Crippen LogP contribution in [0.2, 0.25) is 0 Å². The van der Waals surface area contributed by atoms with Gasteiger partial charge in [-0.1, -0.05) is 22.5 Å². The summed E-state index contributed by atoms with van der Waals surface area (Å²) in [4.78, 5) is 0.